The van der Waals surface area contributed by atoms with Crippen LogP contribution in [0, 0.1) is 0 Å². The summed E-state index contributed by atoms with van der Waals surface area (Å²) in [5, 5.41) is 0.268. The van der Waals surface area contributed by atoms with Crippen molar-refractivity contribution in [1.29, 1.82) is 0 Å². The number of ether oxygens (including phenoxy) is 1. The molecule has 162 valence electrons. The first-order valence-corrected chi connectivity index (χ1v) is 11.6. The van der Waals surface area contributed by atoms with Crippen LogP contribution in [0.5, 0.6) is 5.75 Å². The maximum absolute atomic E-state index is 12.8. The number of rotatable bonds is 7. The number of methoxy groups -OCH3 is 1. The van der Waals surface area contributed by atoms with Gasteiger partial charge in [0.25, 0.3) is 0 Å². The van der Waals surface area contributed by atoms with Crippen LogP contribution >= 0.6 is 11.6 Å². The Morgan fingerprint density at radius 3 is 2.43 bits per heavy atom. The van der Waals surface area contributed by atoms with E-state index in [1.807, 2.05) is 18.2 Å². The molecule has 1 aliphatic heterocycles. The molecule has 0 aliphatic carbocycles. The lowest BCUT2D eigenvalue weighted by atomic mass is 10.2. The van der Waals surface area contributed by atoms with Crippen molar-refractivity contribution < 1.29 is 17.9 Å². The normalized spacial score (nSPS) is 16.3. The van der Waals surface area contributed by atoms with Crippen LogP contribution < -0.4 is 9.46 Å². The standard InChI is InChI=1S/C21H26ClN3O4S/c1-16(23-30(27,28)20-14-18(22)8-9-19(20)29-2)21(26)25-12-10-24(11-13-25)15-17-6-4-3-5-7-17/h3-9,14,16,23H,10-13,15H2,1-2H3/t16-/m1/s1. The second kappa shape index (κ2) is 9.78. The highest BCUT2D eigenvalue weighted by Crippen LogP contribution is 2.27. The molecule has 1 amide bonds. The van der Waals surface area contributed by atoms with Gasteiger partial charge in [-0.1, -0.05) is 41.9 Å². The SMILES string of the molecule is COc1ccc(Cl)cc1S(=O)(=O)N[C@H](C)C(=O)N1CCN(Cc2ccccc2)CC1. The van der Waals surface area contributed by atoms with Crippen LogP contribution in [0.25, 0.3) is 0 Å². The number of hydrogen-bond donors (Lipinski definition) is 1. The summed E-state index contributed by atoms with van der Waals surface area (Å²) in [4.78, 5) is 16.7. The van der Waals surface area contributed by atoms with Gasteiger partial charge in [-0.2, -0.15) is 4.72 Å². The Morgan fingerprint density at radius 1 is 1.13 bits per heavy atom. The van der Waals surface area contributed by atoms with Crippen molar-refractivity contribution in [3.63, 3.8) is 0 Å². The number of sulfonamides is 1. The summed E-state index contributed by atoms with van der Waals surface area (Å²) in [6, 6.07) is 13.6. The molecule has 0 aromatic heterocycles. The second-order valence-electron chi connectivity index (χ2n) is 7.23. The molecule has 1 atom stereocenters. The molecular formula is C21H26ClN3O4S. The number of carbonyl (C=O) groups is 1. The van der Waals surface area contributed by atoms with E-state index >= 15 is 0 Å². The average molecular weight is 452 g/mol. The Labute approximate surface area is 182 Å². The highest BCUT2D eigenvalue weighted by atomic mass is 35.5. The number of nitrogens with one attached hydrogen (secondary N) is 1. The van der Waals surface area contributed by atoms with Crippen LogP contribution in [0.15, 0.2) is 53.4 Å². The zero-order chi connectivity index (χ0) is 21.7. The van der Waals surface area contributed by atoms with Crippen LogP contribution in [0.3, 0.4) is 0 Å². The topological polar surface area (TPSA) is 78.9 Å². The van der Waals surface area contributed by atoms with Crippen molar-refractivity contribution in [1.82, 2.24) is 14.5 Å². The van der Waals surface area contributed by atoms with Gasteiger partial charge in [0.05, 0.1) is 13.2 Å². The second-order valence-corrected chi connectivity index (χ2v) is 9.34. The Balaban J connectivity index is 1.59. The van der Waals surface area contributed by atoms with Crippen LogP contribution in [-0.4, -0.2) is 63.5 Å². The summed E-state index contributed by atoms with van der Waals surface area (Å²) in [7, 11) is -2.60. The van der Waals surface area contributed by atoms with Crippen molar-refractivity contribution in [2.75, 3.05) is 33.3 Å². The van der Waals surface area contributed by atoms with Crippen molar-refractivity contribution >= 4 is 27.5 Å². The minimum atomic E-state index is -3.98. The van der Waals surface area contributed by atoms with Gasteiger partial charge in [0.1, 0.15) is 10.6 Å². The van der Waals surface area contributed by atoms with E-state index in [4.69, 9.17) is 16.3 Å². The molecule has 1 heterocycles. The van der Waals surface area contributed by atoms with E-state index in [1.165, 1.54) is 24.8 Å². The molecule has 0 spiro atoms. The van der Waals surface area contributed by atoms with Gasteiger partial charge in [0.15, 0.2) is 0 Å². The number of carbonyl (C=O) groups excluding carboxylic acids is 1. The lowest BCUT2D eigenvalue weighted by molar-refractivity contribution is -0.134. The first-order valence-electron chi connectivity index (χ1n) is 9.71. The van der Waals surface area contributed by atoms with Gasteiger partial charge in [0.2, 0.25) is 15.9 Å². The largest absolute Gasteiger partial charge is 0.495 e. The van der Waals surface area contributed by atoms with Crippen molar-refractivity contribution in [3.05, 3.63) is 59.1 Å². The molecule has 9 heteroatoms. The molecular weight excluding hydrogens is 426 g/mol. The monoisotopic (exact) mass is 451 g/mol. The molecule has 1 N–H and O–H groups in total. The quantitative estimate of drug-likeness (QED) is 0.699. The maximum atomic E-state index is 12.8. The number of benzene rings is 2. The Hall–Kier alpha value is -2.13. The Bertz CT molecular complexity index is 977. The van der Waals surface area contributed by atoms with Crippen molar-refractivity contribution in [2.45, 2.75) is 24.4 Å². The fraction of sp³-hybridized carbons (Fsp3) is 0.381. The van der Waals surface area contributed by atoms with Crippen LogP contribution in [0.1, 0.15) is 12.5 Å². The third-order valence-corrected chi connectivity index (χ3v) is 6.85. The molecule has 2 aromatic carbocycles. The van der Waals surface area contributed by atoms with E-state index in [0.717, 1.165) is 19.6 Å². The van der Waals surface area contributed by atoms with E-state index in [1.54, 1.807) is 17.9 Å². The van der Waals surface area contributed by atoms with Gasteiger partial charge < -0.3 is 9.64 Å². The zero-order valence-corrected chi connectivity index (χ0v) is 18.6. The number of amides is 1. The number of halogens is 1. The molecule has 2 aromatic rings. The van der Waals surface area contributed by atoms with Gasteiger partial charge in [0, 0.05) is 37.7 Å². The first-order chi connectivity index (χ1) is 14.3. The average Bonchev–Trinajstić information content (AvgIpc) is 2.74. The highest BCUT2D eigenvalue weighted by molar-refractivity contribution is 7.89. The lowest BCUT2D eigenvalue weighted by Gasteiger charge is -2.36. The molecule has 1 saturated heterocycles. The number of piperazine rings is 1. The van der Waals surface area contributed by atoms with Gasteiger partial charge in [-0.15, -0.1) is 0 Å². The molecule has 1 fully saturated rings. The Kier molecular flexibility index (Phi) is 7.36. The third kappa shape index (κ3) is 5.51. The van der Waals surface area contributed by atoms with Crippen LogP contribution in [-0.2, 0) is 21.4 Å². The van der Waals surface area contributed by atoms with E-state index in [9.17, 15) is 13.2 Å². The first kappa shape index (κ1) is 22.6. The third-order valence-electron chi connectivity index (χ3n) is 5.05. The molecule has 0 saturated carbocycles. The van der Waals surface area contributed by atoms with E-state index < -0.39 is 16.1 Å². The van der Waals surface area contributed by atoms with E-state index in [-0.39, 0.29) is 21.6 Å². The molecule has 0 bridgehead atoms. The summed E-state index contributed by atoms with van der Waals surface area (Å²) in [6.07, 6.45) is 0. The summed E-state index contributed by atoms with van der Waals surface area (Å²) in [5.41, 5.74) is 1.23. The van der Waals surface area contributed by atoms with Crippen LogP contribution in [0.2, 0.25) is 5.02 Å². The van der Waals surface area contributed by atoms with E-state index in [2.05, 4.69) is 21.8 Å². The molecule has 0 unspecified atom stereocenters. The summed E-state index contributed by atoms with van der Waals surface area (Å²) >= 11 is 5.94. The van der Waals surface area contributed by atoms with Gasteiger partial charge in [-0.05, 0) is 30.7 Å². The van der Waals surface area contributed by atoms with Crippen LogP contribution in [0.4, 0.5) is 0 Å². The molecule has 1 aliphatic rings. The van der Waals surface area contributed by atoms with Gasteiger partial charge >= 0.3 is 0 Å². The smallest absolute Gasteiger partial charge is 0.245 e. The van der Waals surface area contributed by atoms with Gasteiger partial charge in [-0.3, -0.25) is 9.69 Å². The summed E-state index contributed by atoms with van der Waals surface area (Å²) in [5.74, 6) is -0.0833. The van der Waals surface area contributed by atoms with E-state index in [0.29, 0.717) is 13.1 Å². The predicted molar refractivity (Wildman–Crippen MR) is 116 cm³/mol. The fourth-order valence-electron chi connectivity index (χ4n) is 3.45. The Morgan fingerprint density at radius 2 is 1.80 bits per heavy atom. The summed E-state index contributed by atoms with van der Waals surface area (Å²) in [6.45, 7) is 4.97. The predicted octanol–water partition coefficient (Wildman–Crippen LogP) is 2.36. The lowest BCUT2D eigenvalue weighted by Crippen LogP contribution is -2.53. The minimum absolute atomic E-state index is 0.0927. The number of hydrogen-bond acceptors (Lipinski definition) is 5. The highest BCUT2D eigenvalue weighted by Gasteiger charge is 2.29. The van der Waals surface area contributed by atoms with Gasteiger partial charge in [-0.25, -0.2) is 8.42 Å². The zero-order valence-electron chi connectivity index (χ0n) is 17.0. The number of nitrogens with zero attached hydrogens (tertiary/aromatic N) is 2. The molecule has 0 radical (unpaired) electrons. The molecule has 3 rings (SSSR count). The fourth-order valence-corrected chi connectivity index (χ4v) is 5.08. The molecule has 7 nitrogen and oxygen atoms in total. The summed E-state index contributed by atoms with van der Waals surface area (Å²) < 4.78 is 33.2. The minimum Gasteiger partial charge on any atom is -0.495 e. The van der Waals surface area contributed by atoms with Crippen molar-refractivity contribution in [2.24, 2.45) is 0 Å². The van der Waals surface area contributed by atoms with Crippen molar-refractivity contribution in [3.8, 4) is 5.75 Å². The molecule has 30 heavy (non-hydrogen) atoms. The maximum Gasteiger partial charge on any atom is 0.245 e.